The Morgan fingerprint density at radius 1 is 1.09 bits per heavy atom. The van der Waals surface area contributed by atoms with Crippen molar-refractivity contribution in [2.75, 3.05) is 4.90 Å². The summed E-state index contributed by atoms with van der Waals surface area (Å²) >= 11 is 1.60. The molecule has 0 aliphatic carbocycles. The van der Waals surface area contributed by atoms with E-state index in [1.165, 1.54) is 0 Å². The zero-order valence-electron chi connectivity index (χ0n) is 18.2. The van der Waals surface area contributed by atoms with Crippen LogP contribution < -0.4 is 10.2 Å². The van der Waals surface area contributed by atoms with Gasteiger partial charge in [-0.1, -0.05) is 55.5 Å². The first kappa shape index (κ1) is 20.5. The lowest BCUT2D eigenvalue weighted by Crippen LogP contribution is -2.64. The van der Waals surface area contributed by atoms with Crippen molar-refractivity contribution in [1.29, 1.82) is 0 Å². The third-order valence-electron chi connectivity index (χ3n) is 6.28. The molecule has 2 amide bonds. The lowest BCUT2D eigenvalue weighted by molar-refractivity contribution is -0.126. The minimum Gasteiger partial charge on any atom is -0.350 e. The number of benzene rings is 2. The molecule has 0 unspecified atom stereocenters. The number of aromatic nitrogens is 1. The molecule has 2 aromatic carbocycles. The summed E-state index contributed by atoms with van der Waals surface area (Å²) in [5, 5.41) is 6.15. The molecule has 5 nitrogen and oxygen atoms in total. The zero-order chi connectivity index (χ0) is 22.3. The Morgan fingerprint density at radius 3 is 2.62 bits per heavy atom. The molecule has 0 saturated carbocycles. The van der Waals surface area contributed by atoms with Crippen molar-refractivity contribution in [3.05, 3.63) is 88.9 Å². The smallest absolute Gasteiger partial charge is 0.275 e. The lowest BCUT2D eigenvalue weighted by Gasteiger charge is -2.44. The largest absolute Gasteiger partial charge is 0.350 e. The fourth-order valence-corrected chi connectivity index (χ4v) is 5.47. The molecule has 1 aliphatic rings. The third-order valence-corrected chi connectivity index (χ3v) is 7.23. The number of nitrogens with zero attached hydrogens (tertiary/aromatic N) is 2. The number of hydrogen-bond donors (Lipinski definition) is 1. The quantitative estimate of drug-likeness (QED) is 0.472. The summed E-state index contributed by atoms with van der Waals surface area (Å²) in [7, 11) is 0. The van der Waals surface area contributed by atoms with E-state index < -0.39 is 5.54 Å². The van der Waals surface area contributed by atoms with E-state index in [-0.39, 0.29) is 11.8 Å². The molecule has 2 aromatic heterocycles. The van der Waals surface area contributed by atoms with Crippen molar-refractivity contribution < 1.29 is 9.59 Å². The first-order valence-corrected chi connectivity index (χ1v) is 11.7. The van der Waals surface area contributed by atoms with Crippen molar-refractivity contribution in [3.8, 4) is 0 Å². The van der Waals surface area contributed by atoms with Crippen LogP contribution in [0, 0.1) is 0 Å². The third kappa shape index (κ3) is 3.22. The van der Waals surface area contributed by atoms with Crippen LogP contribution in [-0.4, -0.2) is 21.9 Å². The average Bonchev–Trinajstić information content (AvgIpc) is 3.41. The van der Waals surface area contributed by atoms with Gasteiger partial charge < -0.3 is 9.88 Å². The summed E-state index contributed by atoms with van der Waals surface area (Å²) in [5.41, 5.74) is 2.43. The first-order chi connectivity index (χ1) is 15.5. The van der Waals surface area contributed by atoms with E-state index in [9.17, 15) is 9.59 Å². The number of fused-ring (bicyclic) bond motifs is 3. The standard InChI is InChI=1S/C26H25N3O2S/c1-3-19-11-7-8-12-21(19)29-23(30)22-15-20-13-14-32-24(20)28(22)17-26(29,2)25(31)27-16-18-9-5-4-6-10-18/h4-15H,3,16-17H2,1-2H3,(H,27,31)/t26-/m1/s1. The second-order valence-electron chi connectivity index (χ2n) is 8.36. The Hall–Kier alpha value is -3.38. The Labute approximate surface area is 191 Å². The lowest BCUT2D eigenvalue weighted by atomic mass is 9.92. The number of anilines is 1. The summed E-state index contributed by atoms with van der Waals surface area (Å²) in [6, 6.07) is 21.7. The van der Waals surface area contributed by atoms with E-state index in [1.54, 1.807) is 16.2 Å². The highest BCUT2D eigenvalue weighted by Gasteiger charge is 2.49. The number of thiophene rings is 1. The fourth-order valence-electron chi connectivity index (χ4n) is 4.57. The van der Waals surface area contributed by atoms with E-state index in [1.807, 2.05) is 83.6 Å². The highest BCUT2D eigenvalue weighted by atomic mass is 32.1. The molecular formula is C26H25N3O2S. The predicted octanol–water partition coefficient (Wildman–Crippen LogP) is 5.00. The average molecular weight is 444 g/mol. The molecule has 5 rings (SSSR count). The second-order valence-corrected chi connectivity index (χ2v) is 9.26. The Bertz CT molecular complexity index is 1310. The first-order valence-electron chi connectivity index (χ1n) is 10.8. The molecule has 162 valence electrons. The molecule has 0 radical (unpaired) electrons. The molecule has 0 fully saturated rings. The van der Waals surface area contributed by atoms with Gasteiger partial charge in [-0.05, 0) is 48.1 Å². The molecule has 0 spiro atoms. The molecule has 4 aromatic rings. The Balaban J connectivity index is 1.60. The molecule has 1 N–H and O–H groups in total. The van der Waals surface area contributed by atoms with Gasteiger partial charge in [-0.2, -0.15) is 0 Å². The second kappa shape index (κ2) is 7.95. The number of carbonyl (C=O) groups is 2. The monoisotopic (exact) mass is 443 g/mol. The van der Waals surface area contributed by atoms with Crippen LogP contribution in [-0.2, 0) is 24.3 Å². The number of amides is 2. The molecule has 3 heterocycles. The van der Waals surface area contributed by atoms with Crippen molar-refractivity contribution >= 4 is 39.1 Å². The van der Waals surface area contributed by atoms with Crippen LogP contribution in [0.2, 0.25) is 0 Å². The maximum atomic E-state index is 13.9. The molecular weight excluding hydrogens is 418 g/mol. The van der Waals surface area contributed by atoms with Crippen molar-refractivity contribution in [2.45, 2.75) is 38.9 Å². The van der Waals surface area contributed by atoms with Gasteiger partial charge in [0.15, 0.2) is 0 Å². The van der Waals surface area contributed by atoms with Gasteiger partial charge >= 0.3 is 0 Å². The number of para-hydroxylation sites is 1. The minimum atomic E-state index is -1.07. The van der Waals surface area contributed by atoms with Gasteiger partial charge in [-0.25, -0.2) is 0 Å². The van der Waals surface area contributed by atoms with Crippen LogP contribution in [0.5, 0.6) is 0 Å². The van der Waals surface area contributed by atoms with Crippen molar-refractivity contribution in [3.63, 3.8) is 0 Å². The molecule has 6 heteroatoms. The van der Waals surface area contributed by atoms with E-state index >= 15 is 0 Å². The van der Waals surface area contributed by atoms with Gasteiger partial charge in [0.05, 0.1) is 6.54 Å². The van der Waals surface area contributed by atoms with Gasteiger partial charge in [0, 0.05) is 17.6 Å². The zero-order valence-corrected chi connectivity index (χ0v) is 19.0. The van der Waals surface area contributed by atoms with Gasteiger partial charge in [0.25, 0.3) is 5.91 Å². The van der Waals surface area contributed by atoms with Crippen LogP contribution in [0.3, 0.4) is 0 Å². The predicted molar refractivity (Wildman–Crippen MR) is 129 cm³/mol. The summed E-state index contributed by atoms with van der Waals surface area (Å²) in [6.07, 6.45) is 0.776. The van der Waals surface area contributed by atoms with Crippen molar-refractivity contribution in [1.82, 2.24) is 9.88 Å². The SMILES string of the molecule is CCc1ccccc1N1C(=O)c2cc3ccsc3n2C[C@]1(C)C(=O)NCc1ccccc1. The molecule has 32 heavy (non-hydrogen) atoms. The van der Waals surface area contributed by atoms with Gasteiger partial charge in [0.2, 0.25) is 5.91 Å². The van der Waals surface area contributed by atoms with E-state index in [0.717, 1.165) is 33.5 Å². The van der Waals surface area contributed by atoms with Crippen molar-refractivity contribution in [2.24, 2.45) is 0 Å². The summed E-state index contributed by atoms with van der Waals surface area (Å²) in [4.78, 5) is 30.3. The molecule has 1 atom stereocenters. The fraction of sp³-hybridized carbons (Fsp3) is 0.231. The van der Waals surface area contributed by atoms with Gasteiger partial charge in [0.1, 0.15) is 16.1 Å². The normalized spacial score (nSPS) is 18.1. The van der Waals surface area contributed by atoms with E-state index in [2.05, 4.69) is 12.2 Å². The summed E-state index contributed by atoms with van der Waals surface area (Å²) < 4.78 is 2.01. The van der Waals surface area contributed by atoms with Crippen LogP contribution in [0.15, 0.2) is 72.1 Å². The summed E-state index contributed by atoms with van der Waals surface area (Å²) in [5.74, 6) is -0.303. The Morgan fingerprint density at radius 2 is 1.84 bits per heavy atom. The van der Waals surface area contributed by atoms with Crippen LogP contribution in [0.1, 0.15) is 35.5 Å². The number of carbonyl (C=O) groups excluding carboxylic acids is 2. The maximum absolute atomic E-state index is 13.9. The van der Waals surface area contributed by atoms with Crippen LogP contribution >= 0.6 is 11.3 Å². The molecule has 0 bridgehead atoms. The van der Waals surface area contributed by atoms with E-state index in [0.29, 0.717) is 18.8 Å². The summed E-state index contributed by atoms with van der Waals surface area (Å²) in [6.45, 7) is 4.76. The number of hydrogen-bond acceptors (Lipinski definition) is 3. The minimum absolute atomic E-state index is 0.141. The Kier molecular flexibility index (Phi) is 5.10. The van der Waals surface area contributed by atoms with Gasteiger partial charge in [-0.3, -0.25) is 14.5 Å². The van der Waals surface area contributed by atoms with Gasteiger partial charge in [-0.15, -0.1) is 11.3 Å². The highest BCUT2D eigenvalue weighted by molar-refractivity contribution is 7.16. The molecule has 1 aliphatic heterocycles. The maximum Gasteiger partial charge on any atom is 0.275 e. The highest BCUT2D eigenvalue weighted by Crippen LogP contribution is 2.38. The topological polar surface area (TPSA) is 54.3 Å². The number of nitrogens with one attached hydrogen (secondary N) is 1. The molecule has 0 saturated heterocycles. The number of rotatable bonds is 5. The van der Waals surface area contributed by atoms with E-state index in [4.69, 9.17) is 0 Å². The van der Waals surface area contributed by atoms with Crippen LogP contribution in [0.4, 0.5) is 5.69 Å². The van der Waals surface area contributed by atoms with Crippen LogP contribution in [0.25, 0.3) is 10.2 Å². The number of aryl methyl sites for hydroxylation is 1.